The Morgan fingerprint density at radius 1 is 1.23 bits per heavy atom. The second-order valence-electron chi connectivity index (χ2n) is 4.90. The monoisotopic (exact) mass is 297 g/mol. The second-order valence-corrected chi connectivity index (χ2v) is 4.90. The summed E-state index contributed by atoms with van der Waals surface area (Å²) >= 11 is 0. The highest BCUT2D eigenvalue weighted by Gasteiger charge is 2.08. The second kappa shape index (κ2) is 6.26. The maximum atomic E-state index is 10.7. The van der Waals surface area contributed by atoms with Crippen LogP contribution in [-0.2, 0) is 6.61 Å². The molecule has 1 heterocycles. The van der Waals surface area contributed by atoms with E-state index in [0.29, 0.717) is 12.4 Å². The molecule has 6 heteroatoms. The summed E-state index contributed by atoms with van der Waals surface area (Å²) in [5.41, 5.74) is 1.86. The molecule has 0 amide bonds. The first kappa shape index (κ1) is 14.1. The van der Waals surface area contributed by atoms with Crippen LogP contribution in [0.2, 0.25) is 0 Å². The maximum absolute atomic E-state index is 10.7. The highest BCUT2D eigenvalue weighted by Crippen LogP contribution is 2.17. The molecule has 2 aromatic rings. The molecule has 0 spiro atoms. The quantitative estimate of drug-likeness (QED) is 0.679. The average Bonchev–Trinajstić information content (AvgIpc) is 3.08. The molecule has 0 bridgehead atoms. The molecule has 0 radical (unpaired) electrons. The third kappa shape index (κ3) is 3.22. The highest BCUT2D eigenvalue weighted by molar-refractivity contribution is 5.99. The van der Waals surface area contributed by atoms with Crippen molar-refractivity contribution in [3.8, 4) is 5.75 Å². The fourth-order valence-electron chi connectivity index (χ4n) is 2.23. The molecule has 112 valence electrons. The van der Waals surface area contributed by atoms with Crippen molar-refractivity contribution in [1.29, 1.82) is 0 Å². The van der Waals surface area contributed by atoms with Crippen molar-refractivity contribution < 1.29 is 9.66 Å². The Morgan fingerprint density at radius 2 is 2.05 bits per heavy atom. The molecule has 0 saturated carbocycles. The van der Waals surface area contributed by atoms with E-state index in [0.717, 1.165) is 30.1 Å². The zero-order chi connectivity index (χ0) is 15.4. The molecule has 2 aromatic carbocycles. The molecule has 0 aliphatic carbocycles. The number of hydrogen-bond acceptors (Lipinski definition) is 5. The number of nitro groups is 1. The molecule has 3 rings (SSSR count). The van der Waals surface area contributed by atoms with E-state index in [9.17, 15) is 10.1 Å². The van der Waals surface area contributed by atoms with Gasteiger partial charge in [0.15, 0.2) is 0 Å². The van der Waals surface area contributed by atoms with E-state index >= 15 is 0 Å². The number of nitrogens with zero attached hydrogens (tertiary/aromatic N) is 2. The average molecular weight is 297 g/mol. The molecule has 1 aliphatic rings. The lowest BCUT2D eigenvalue weighted by Crippen LogP contribution is -2.19. The Morgan fingerprint density at radius 3 is 2.73 bits per heavy atom. The van der Waals surface area contributed by atoms with E-state index in [1.54, 1.807) is 12.1 Å². The van der Waals surface area contributed by atoms with Crippen LogP contribution in [0.5, 0.6) is 5.75 Å². The third-order valence-corrected chi connectivity index (χ3v) is 3.33. The number of nitrogens with one attached hydrogen (secondary N) is 1. The van der Waals surface area contributed by atoms with Crippen LogP contribution in [-0.4, -0.2) is 23.8 Å². The lowest BCUT2D eigenvalue weighted by molar-refractivity contribution is -0.384. The molecule has 0 unspecified atom stereocenters. The van der Waals surface area contributed by atoms with E-state index in [-0.39, 0.29) is 5.69 Å². The molecule has 22 heavy (non-hydrogen) atoms. The fourth-order valence-corrected chi connectivity index (χ4v) is 2.23. The molecule has 0 saturated heterocycles. The van der Waals surface area contributed by atoms with Crippen LogP contribution in [0.25, 0.3) is 0 Å². The van der Waals surface area contributed by atoms with Crippen LogP contribution >= 0.6 is 0 Å². The van der Waals surface area contributed by atoms with Crippen molar-refractivity contribution in [2.75, 3.05) is 13.1 Å². The minimum absolute atomic E-state index is 0.0711. The molecule has 0 fully saturated rings. The molecular formula is C16H15N3O3. The Labute approximate surface area is 127 Å². The number of non-ortho nitro benzene ring substituents is 1. The number of benzene rings is 2. The Bertz CT molecular complexity index is 711. The minimum atomic E-state index is -0.409. The topological polar surface area (TPSA) is 76.8 Å². The van der Waals surface area contributed by atoms with Crippen molar-refractivity contribution >= 4 is 11.5 Å². The summed E-state index contributed by atoms with van der Waals surface area (Å²) in [6, 6.07) is 14.1. The van der Waals surface area contributed by atoms with Crippen LogP contribution in [0.15, 0.2) is 53.5 Å². The SMILES string of the molecule is O=[N+]([O-])c1cccc(COc2ccc(C3=NCCN3)cc2)c1. The summed E-state index contributed by atoms with van der Waals surface area (Å²) < 4.78 is 5.66. The van der Waals surface area contributed by atoms with Crippen molar-refractivity contribution in [1.82, 2.24) is 5.32 Å². The van der Waals surface area contributed by atoms with Crippen molar-refractivity contribution in [2.24, 2.45) is 4.99 Å². The summed E-state index contributed by atoms with van der Waals surface area (Å²) in [6.07, 6.45) is 0. The highest BCUT2D eigenvalue weighted by atomic mass is 16.6. The standard InChI is InChI=1S/C16H15N3O3/c20-19(21)14-3-1-2-12(10-14)11-22-15-6-4-13(5-7-15)16-17-8-9-18-16/h1-7,10H,8-9,11H2,(H,17,18). The van der Waals surface area contributed by atoms with Gasteiger partial charge >= 0.3 is 0 Å². The zero-order valence-electron chi connectivity index (χ0n) is 11.9. The molecular weight excluding hydrogens is 282 g/mol. The number of rotatable bonds is 5. The first-order chi connectivity index (χ1) is 10.7. The number of hydrogen-bond donors (Lipinski definition) is 1. The molecule has 1 aliphatic heterocycles. The van der Waals surface area contributed by atoms with Gasteiger partial charge in [0.2, 0.25) is 0 Å². The number of amidine groups is 1. The summed E-state index contributed by atoms with van der Waals surface area (Å²) in [5, 5.41) is 14.0. The molecule has 1 N–H and O–H groups in total. The van der Waals surface area contributed by atoms with Crippen molar-refractivity contribution in [3.63, 3.8) is 0 Å². The van der Waals surface area contributed by atoms with Crippen LogP contribution in [0.4, 0.5) is 5.69 Å². The van der Waals surface area contributed by atoms with Crippen LogP contribution in [0, 0.1) is 10.1 Å². The van der Waals surface area contributed by atoms with Gasteiger partial charge in [-0.25, -0.2) is 0 Å². The predicted molar refractivity (Wildman–Crippen MR) is 83.3 cm³/mol. The van der Waals surface area contributed by atoms with Crippen molar-refractivity contribution in [3.05, 3.63) is 69.8 Å². The smallest absolute Gasteiger partial charge is 0.269 e. The predicted octanol–water partition coefficient (Wildman–Crippen LogP) is 2.52. The first-order valence-electron chi connectivity index (χ1n) is 6.97. The summed E-state index contributed by atoms with van der Waals surface area (Å²) in [7, 11) is 0. The lowest BCUT2D eigenvalue weighted by atomic mass is 10.2. The zero-order valence-corrected chi connectivity index (χ0v) is 11.9. The van der Waals surface area contributed by atoms with Gasteiger partial charge in [-0.05, 0) is 29.8 Å². The number of nitro benzene ring substituents is 1. The van der Waals surface area contributed by atoms with Gasteiger partial charge in [0.25, 0.3) is 5.69 Å². The van der Waals surface area contributed by atoms with Gasteiger partial charge in [-0.15, -0.1) is 0 Å². The van der Waals surface area contributed by atoms with Gasteiger partial charge in [-0.3, -0.25) is 15.1 Å². The minimum Gasteiger partial charge on any atom is -0.489 e. The van der Waals surface area contributed by atoms with Gasteiger partial charge in [0.05, 0.1) is 11.5 Å². The van der Waals surface area contributed by atoms with E-state index in [1.165, 1.54) is 12.1 Å². The fraction of sp³-hybridized carbons (Fsp3) is 0.188. The third-order valence-electron chi connectivity index (χ3n) is 3.33. The summed E-state index contributed by atoms with van der Waals surface area (Å²) in [6.45, 7) is 1.97. The van der Waals surface area contributed by atoms with Crippen LogP contribution in [0.1, 0.15) is 11.1 Å². The summed E-state index contributed by atoms with van der Waals surface area (Å²) in [5.74, 6) is 1.62. The van der Waals surface area contributed by atoms with E-state index in [2.05, 4.69) is 10.3 Å². The Kier molecular flexibility index (Phi) is 4.00. The van der Waals surface area contributed by atoms with Gasteiger partial charge < -0.3 is 10.1 Å². The van der Waals surface area contributed by atoms with Crippen LogP contribution < -0.4 is 10.1 Å². The van der Waals surface area contributed by atoms with Gasteiger partial charge in [0.1, 0.15) is 18.2 Å². The van der Waals surface area contributed by atoms with E-state index < -0.39 is 4.92 Å². The van der Waals surface area contributed by atoms with Crippen molar-refractivity contribution in [2.45, 2.75) is 6.61 Å². The Balaban J connectivity index is 1.64. The van der Waals surface area contributed by atoms with Gasteiger partial charge in [-0.2, -0.15) is 0 Å². The normalized spacial score (nSPS) is 13.4. The lowest BCUT2D eigenvalue weighted by Gasteiger charge is -2.08. The van der Waals surface area contributed by atoms with Crippen LogP contribution in [0.3, 0.4) is 0 Å². The van der Waals surface area contributed by atoms with Gasteiger partial charge in [-0.1, -0.05) is 12.1 Å². The molecule has 6 nitrogen and oxygen atoms in total. The van der Waals surface area contributed by atoms with Gasteiger partial charge in [0, 0.05) is 24.2 Å². The maximum Gasteiger partial charge on any atom is 0.269 e. The summed E-state index contributed by atoms with van der Waals surface area (Å²) in [4.78, 5) is 14.7. The van der Waals surface area contributed by atoms with E-state index in [1.807, 2.05) is 24.3 Å². The molecule has 0 atom stereocenters. The number of ether oxygens (including phenoxy) is 1. The largest absolute Gasteiger partial charge is 0.489 e. The molecule has 0 aromatic heterocycles. The first-order valence-corrected chi connectivity index (χ1v) is 6.97. The van der Waals surface area contributed by atoms with E-state index in [4.69, 9.17) is 4.74 Å². The number of aliphatic imine (C=N–C) groups is 1. The Hall–Kier alpha value is -2.89.